The molecule has 135 valence electrons. The second-order valence-corrected chi connectivity index (χ2v) is 6.86. The summed E-state index contributed by atoms with van der Waals surface area (Å²) >= 11 is 0. The zero-order chi connectivity index (χ0) is 18.0. The minimum absolute atomic E-state index is 0.735. The van der Waals surface area contributed by atoms with E-state index >= 15 is 0 Å². The molecule has 0 atom stereocenters. The first-order valence-corrected chi connectivity index (χ1v) is 9.78. The molecule has 1 N–H and O–H groups in total. The zero-order valence-electron chi connectivity index (χ0n) is 15.6. The van der Waals surface area contributed by atoms with Crippen LogP contribution in [0.2, 0.25) is 0 Å². The van der Waals surface area contributed by atoms with Crippen molar-refractivity contribution in [3.05, 3.63) is 84.4 Å². The van der Waals surface area contributed by atoms with Gasteiger partial charge in [0.05, 0.1) is 5.52 Å². The maximum Gasteiger partial charge on any atom is 0.0749 e. The van der Waals surface area contributed by atoms with Gasteiger partial charge in [0.1, 0.15) is 0 Å². The van der Waals surface area contributed by atoms with Crippen LogP contribution in [-0.2, 0) is 19.4 Å². The Labute approximate surface area is 157 Å². The van der Waals surface area contributed by atoms with Crippen LogP contribution in [-0.4, -0.2) is 11.5 Å². The molecular weight excluding hydrogens is 316 g/mol. The first-order chi connectivity index (χ1) is 12.9. The fraction of sp³-hybridized carbons (Fsp3) is 0.333. The smallest absolute Gasteiger partial charge is 0.0749 e. The van der Waals surface area contributed by atoms with Crippen LogP contribution in [0.15, 0.2) is 60.8 Å². The van der Waals surface area contributed by atoms with Crippen molar-refractivity contribution >= 4 is 10.9 Å². The lowest BCUT2D eigenvalue weighted by molar-refractivity contribution is 0.641. The van der Waals surface area contributed by atoms with E-state index in [1.807, 2.05) is 12.3 Å². The molecule has 0 aliphatic carbocycles. The highest BCUT2D eigenvalue weighted by Crippen LogP contribution is 2.23. The topological polar surface area (TPSA) is 24.9 Å². The van der Waals surface area contributed by atoms with Crippen LogP contribution >= 0.6 is 0 Å². The fourth-order valence-corrected chi connectivity index (χ4v) is 3.52. The second kappa shape index (κ2) is 10.1. The Morgan fingerprint density at radius 1 is 0.769 bits per heavy atom. The van der Waals surface area contributed by atoms with Crippen LogP contribution in [0.4, 0.5) is 0 Å². The molecule has 1 aromatic heterocycles. The van der Waals surface area contributed by atoms with Crippen molar-refractivity contribution < 1.29 is 0 Å². The predicted molar refractivity (Wildman–Crippen MR) is 111 cm³/mol. The number of unbranched alkanes of at least 4 members (excludes halogenated alkanes) is 3. The molecule has 0 bridgehead atoms. The number of rotatable bonds is 10. The third-order valence-electron chi connectivity index (χ3n) is 4.94. The van der Waals surface area contributed by atoms with Gasteiger partial charge in [-0.3, -0.25) is 4.98 Å². The summed E-state index contributed by atoms with van der Waals surface area (Å²) in [6.45, 7) is 5.42. The van der Waals surface area contributed by atoms with Gasteiger partial charge in [-0.15, -0.1) is 0 Å². The van der Waals surface area contributed by atoms with E-state index in [1.165, 1.54) is 54.2 Å². The summed E-state index contributed by atoms with van der Waals surface area (Å²) in [5.41, 5.74) is 5.27. The SMILES string of the molecule is [CH2]CNCc1ccc(CCCCCCc2ccccc2)c2cccnc12. The zero-order valence-corrected chi connectivity index (χ0v) is 15.6. The van der Waals surface area contributed by atoms with E-state index < -0.39 is 0 Å². The van der Waals surface area contributed by atoms with E-state index in [-0.39, 0.29) is 0 Å². The van der Waals surface area contributed by atoms with Crippen molar-refractivity contribution in [3.63, 3.8) is 0 Å². The molecule has 0 fully saturated rings. The molecule has 26 heavy (non-hydrogen) atoms. The molecule has 3 aromatic rings. The molecule has 0 aliphatic rings. The Kier molecular flexibility index (Phi) is 7.21. The van der Waals surface area contributed by atoms with Crippen LogP contribution in [0.5, 0.6) is 0 Å². The van der Waals surface area contributed by atoms with Gasteiger partial charge in [-0.2, -0.15) is 0 Å². The molecule has 0 amide bonds. The van der Waals surface area contributed by atoms with Crippen LogP contribution < -0.4 is 5.32 Å². The highest BCUT2D eigenvalue weighted by atomic mass is 14.8. The summed E-state index contributed by atoms with van der Waals surface area (Å²) in [5.74, 6) is 0. The average Bonchev–Trinajstić information content (AvgIpc) is 2.70. The lowest BCUT2D eigenvalue weighted by Gasteiger charge is -2.11. The number of benzene rings is 2. The van der Waals surface area contributed by atoms with E-state index in [9.17, 15) is 0 Å². The number of nitrogens with one attached hydrogen (secondary N) is 1. The van der Waals surface area contributed by atoms with E-state index in [0.29, 0.717) is 0 Å². The maximum atomic E-state index is 4.63. The normalized spacial score (nSPS) is 11.1. The molecule has 0 saturated heterocycles. The van der Waals surface area contributed by atoms with Gasteiger partial charge in [-0.25, -0.2) is 0 Å². The Hall–Kier alpha value is -2.19. The van der Waals surface area contributed by atoms with Crippen LogP contribution in [0.1, 0.15) is 42.4 Å². The average molecular weight is 346 g/mol. The summed E-state index contributed by atoms with van der Waals surface area (Å²) in [7, 11) is 0. The molecule has 0 aliphatic heterocycles. The Morgan fingerprint density at radius 3 is 2.35 bits per heavy atom. The van der Waals surface area contributed by atoms with Crippen molar-refractivity contribution in [1.29, 1.82) is 0 Å². The third kappa shape index (κ3) is 5.15. The largest absolute Gasteiger partial charge is 0.313 e. The molecule has 2 nitrogen and oxygen atoms in total. The van der Waals surface area contributed by atoms with Crippen molar-refractivity contribution in [2.75, 3.05) is 6.54 Å². The minimum Gasteiger partial charge on any atom is -0.313 e. The van der Waals surface area contributed by atoms with Gasteiger partial charge in [0.2, 0.25) is 0 Å². The van der Waals surface area contributed by atoms with Crippen molar-refractivity contribution in [1.82, 2.24) is 10.3 Å². The van der Waals surface area contributed by atoms with Gasteiger partial charge in [0, 0.05) is 18.1 Å². The fourth-order valence-electron chi connectivity index (χ4n) is 3.52. The van der Waals surface area contributed by atoms with Crippen molar-refractivity contribution in [2.24, 2.45) is 0 Å². The van der Waals surface area contributed by atoms with E-state index in [0.717, 1.165) is 25.0 Å². The number of hydrogen-bond acceptors (Lipinski definition) is 2. The molecule has 0 unspecified atom stereocenters. The first kappa shape index (κ1) is 18.6. The molecule has 3 rings (SSSR count). The summed E-state index contributed by atoms with van der Waals surface area (Å²) < 4.78 is 0. The monoisotopic (exact) mass is 345 g/mol. The predicted octanol–water partition coefficient (Wildman–Crippen LogP) is 5.50. The Bertz CT molecular complexity index is 796. The number of hydrogen-bond donors (Lipinski definition) is 1. The number of aromatic nitrogens is 1. The second-order valence-electron chi connectivity index (χ2n) is 6.86. The molecule has 0 spiro atoms. The Balaban J connectivity index is 1.51. The number of pyridine rings is 1. The standard InChI is InChI=1S/C24H29N2/c1-2-25-19-22-17-16-21(23-15-10-18-26-24(22)23)14-9-4-3-6-11-20-12-7-5-8-13-20/h5,7-8,10,12-13,15-18,25H,1-4,6,9,11,14,19H2. The summed E-state index contributed by atoms with van der Waals surface area (Å²) in [6.07, 6.45) is 9.34. The summed E-state index contributed by atoms with van der Waals surface area (Å²) in [6, 6.07) is 19.6. The highest BCUT2D eigenvalue weighted by Gasteiger charge is 2.06. The molecule has 1 heterocycles. The molecule has 0 saturated carbocycles. The molecule has 2 heteroatoms. The number of aryl methyl sites for hydroxylation is 2. The van der Waals surface area contributed by atoms with Gasteiger partial charge < -0.3 is 5.32 Å². The van der Waals surface area contributed by atoms with Crippen molar-refractivity contribution in [2.45, 2.75) is 45.1 Å². The Morgan fingerprint density at radius 2 is 1.54 bits per heavy atom. The first-order valence-electron chi connectivity index (χ1n) is 9.78. The van der Waals surface area contributed by atoms with Crippen molar-refractivity contribution in [3.8, 4) is 0 Å². The van der Waals surface area contributed by atoms with Crippen LogP contribution in [0.3, 0.4) is 0 Å². The minimum atomic E-state index is 0.735. The third-order valence-corrected chi connectivity index (χ3v) is 4.94. The van der Waals surface area contributed by atoms with Crippen LogP contribution in [0.25, 0.3) is 10.9 Å². The van der Waals surface area contributed by atoms with Gasteiger partial charge in [-0.1, -0.05) is 61.4 Å². The van der Waals surface area contributed by atoms with E-state index in [2.05, 4.69) is 65.8 Å². The van der Waals surface area contributed by atoms with Crippen LogP contribution in [0, 0.1) is 6.92 Å². The summed E-state index contributed by atoms with van der Waals surface area (Å²) in [5, 5.41) is 4.61. The summed E-state index contributed by atoms with van der Waals surface area (Å²) in [4.78, 5) is 4.63. The number of nitrogens with zero attached hydrogens (tertiary/aromatic N) is 1. The molecular formula is C24H29N2. The lowest BCUT2D eigenvalue weighted by atomic mass is 9.98. The van der Waals surface area contributed by atoms with Gasteiger partial charge in [0.15, 0.2) is 0 Å². The maximum absolute atomic E-state index is 4.63. The quantitative estimate of drug-likeness (QED) is 0.490. The highest BCUT2D eigenvalue weighted by molar-refractivity contribution is 5.85. The van der Waals surface area contributed by atoms with Gasteiger partial charge in [0.25, 0.3) is 0 Å². The molecule has 2 aromatic carbocycles. The number of fused-ring (bicyclic) bond motifs is 1. The lowest BCUT2D eigenvalue weighted by Crippen LogP contribution is -2.12. The van der Waals surface area contributed by atoms with E-state index in [1.54, 1.807) is 0 Å². The van der Waals surface area contributed by atoms with Gasteiger partial charge >= 0.3 is 0 Å². The molecule has 1 radical (unpaired) electrons. The van der Waals surface area contributed by atoms with E-state index in [4.69, 9.17) is 0 Å². The van der Waals surface area contributed by atoms with Gasteiger partial charge in [-0.05, 0) is 61.9 Å².